The van der Waals surface area contributed by atoms with E-state index in [2.05, 4.69) is 43.0 Å². The molecule has 24 heavy (non-hydrogen) atoms. The molecule has 5 heteroatoms. The van der Waals surface area contributed by atoms with Gasteiger partial charge >= 0.3 is 0 Å². The van der Waals surface area contributed by atoms with Crippen LogP contribution in [0, 0.1) is 6.92 Å². The summed E-state index contributed by atoms with van der Waals surface area (Å²) in [5.74, 6) is 0.752. The molecule has 0 saturated carbocycles. The topological polar surface area (TPSA) is 39.7 Å². The van der Waals surface area contributed by atoms with E-state index < -0.39 is 0 Å². The monoisotopic (exact) mass is 330 g/mol. The van der Waals surface area contributed by atoms with E-state index in [0.29, 0.717) is 12.0 Å². The first-order valence-corrected chi connectivity index (χ1v) is 9.09. The maximum atomic E-state index is 11.5. The zero-order valence-corrected chi connectivity index (χ0v) is 15.5. The molecule has 132 valence electrons. The lowest BCUT2D eigenvalue weighted by atomic mass is 10.0. The van der Waals surface area contributed by atoms with Gasteiger partial charge in [0.15, 0.2) is 0 Å². The van der Waals surface area contributed by atoms with Crippen molar-refractivity contribution < 1.29 is 4.79 Å². The normalized spacial score (nSPS) is 22.8. The molecule has 1 atom stereocenters. The van der Waals surface area contributed by atoms with Crippen LogP contribution in [-0.2, 0) is 4.79 Å². The Balaban J connectivity index is 1.63. The molecule has 5 nitrogen and oxygen atoms in total. The summed E-state index contributed by atoms with van der Waals surface area (Å²) in [7, 11) is 4.17. The fourth-order valence-electron chi connectivity index (χ4n) is 4.05. The number of amides is 1. The smallest absolute Gasteiger partial charge is 0.219 e. The van der Waals surface area contributed by atoms with Crippen LogP contribution in [0.25, 0.3) is 0 Å². The van der Waals surface area contributed by atoms with Crippen LogP contribution >= 0.6 is 0 Å². The summed E-state index contributed by atoms with van der Waals surface area (Å²) in [4.78, 5) is 23.1. The molecule has 3 rings (SSSR count). The van der Waals surface area contributed by atoms with E-state index in [0.717, 1.165) is 44.7 Å². The Morgan fingerprint density at radius 3 is 2.50 bits per heavy atom. The maximum Gasteiger partial charge on any atom is 0.219 e. The first kappa shape index (κ1) is 17.2. The number of carbonyl (C=O) groups excluding carboxylic acids is 1. The highest BCUT2D eigenvalue weighted by Gasteiger charge is 2.32. The Bertz CT molecular complexity index is 593. The summed E-state index contributed by atoms with van der Waals surface area (Å²) in [5.41, 5.74) is 3.58. The van der Waals surface area contributed by atoms with Crippen molar-refractivity contribution in [1.29, 1.82) is 0 Å². The predicted octanol–water partition coefficient (Wildman–Crippen LogP) is 2.26. The van der Waals surface area contributed by atoms with Crippen molar-refractivity contribution in [3.05, 3.63) is 23.5 Å². The van der Waals surface area contributed by atoms with Crippen LogP contribution in [0.2, 0.25) is 0 Å². The molecule has 2 aliphatic rings. The van der Waals surface area contributed by atoms with Crippen molar-refractivity contribution >= 4 is 11.6 Å². The molecule has 0 bridgehead atoms. The molecule has 0 radical (unpaired) electrons. The van der Waals surface area contributed by atoms with Crippen LogP contribution in [-0.4, -0.2) is 67.0 Å². The quantitative estimate of drug-likeness (QED) is 0.852. The first-order chi connectivity index (χ1) is 11.4. The van der Waals surface area contributed by atoms with Crippen molar-refractivity contribution in [1.82, 2.24) is 14.8 Å². The van der Waals surface area contributed by atoms with Crippen LogP contribution in [0.5, 0.6) is 0 Å². The molecule has 0 aromatic carbocycles. The standard InChI is InChI=1S/C19H30N4O/c1-14-11-18(21(3)4)12-19(20-14)16-5-8-23(13-16)17-6-9-22(10-7-17)15(2)24/h11-12,16-17H,5-10,13H2,1-4H3. The van der Waals surface area contributed by atoms with E-state index >= 15 is 0 Å². The molecule has 0 aliphatic carbocycles. The summed E-state index contributed by atoms with van der Waals surface area (Å²) in [6.45, 7) is 7.85. The highest BCUT2D eigenvalue weighted by molar-refractivity contribution is 5.73. The van der Waals surface area contributed by atoms with Crippen molar-refractivity contribution in [2.24, 2.45) is 0 Å². The van der Waals surface area contributed by atoms with Crippen LogP contribution in [0.3, 0.4) is 0 Å². The number of aryl methyl sites for hydroxylation is 1. The van der Waals surface area contributed by atoms with Gasteiger partial charge in [0.05, 0.1) is 0 Å². The molecule has 0 N–H and O–H groups in total. The first-order valence-electron chi connectivity index (χ1n) is 9.09. The van der Waals surface area contributed by atoms with Gasteiger partial charge in [0.25, 0.3) is 0 Å². The lowest BCUT2D eigenvalue weighted by molar-refractivity contribution is -0.130. The molecular formula is C19H30N4O. The minimum Gasteiger partial charge on any atom is -0.378 e. The fourth-order valence-corrected chi connectivity index (χ4v) is 4.05. The number of nitrogens with zero attached hydrogens (tertiary/aromatic N) is 4. The third-order valence-corrected chi connectivity index (χ3v) is 5.54. The number of rotatable bonds is 3. The number of aromatic nitrogens is 1. The number of anilines is 1. The molecule has 1 aromatic rings. The van der Waals surface area contributed by atoms with E-state index in [1.165, 1.54) is 17.8 Å². The Labute approximate surface area is 145 Å². The third kappa shape index (κ3) is 3.72. The number of pyridine rings is 1. The zero-order chi connectivity index (χ0) is 17.3. The van der Waals surface area contributed by atoms with Crippen LogP contribution in [0.4, 0.5) is 5.69 Å². The summed E-state index contributed by atoms with van der Waals surface area (Å²) in [6.07, 6.45) is 3.41. The van der Waals surface area contributed by atoms with Gasteiger partial charge in [0, 0.05) is 69.7 Å². The van der Waals surface area contributed by atoms with E-state index in [9.17, 15) is 4.79 Å². The molecule has 3 heterocycles. The fraction of sp³-hybridized carbons (Fsp3) is 0.684. The molecule has 1 aromatic heterocycles. The van der Waals surface area contributed by atoms with E-state index in [-0.39, 0.29) is 5.91 Å². The third-order valence-electron chi connectivity index (χ3n) is 5.54. The Morgan fingerprint density at radius 1 is 1.17 bits per heavy atom. The van der Waals surface area contributed by atoms with Crippen LogP contribution < -0.4 is 4.90 Å². The summed E-state index contributed by atoms with van der Waals surface area (Å²) in [5, 5.41) is 0. The Hall–Kier alpha value is -1.62. The van der Waals surface area contributed by atoms with Gasteiger partial charge in [0.2, 0.25) is 5.91 Å². The Morgan fingerprint density at radius 2 is 1.88 bits per heavy atom. The SMILES string of the molecule is CC(=O)N1CCC(N2CCC(c3cc(N(C)C)cc(C)n3)C2)CC1. The average molecular weight is 330 g/mol. The molecule has 1 amide bonds. The predicted molar refractivity (Wildman–Crippen MR) is 97.5 cm³/mol. The van der Waals surface area contributed by atoms with Crippen molar-refractivity contribution in [2.45, 2.75) is 45.1 Å². The second kappa shape index (κ2) is 7.09. The minimum absolute atomic E-state index is 0.216. The molecular weight excluding hydrogens is 300 g/mol. The minimum atomic E-state index is 0.216. The number of hydrogen-bond acceptors (Lipinski definition) is 4. The lowest BCUT2D eigenvalue weighted by Gasteiger charge is -2.36. The lowest BCUT2D eigenvalue weighted by Crippen LogP contribution is -2.45. The second-order valence-electron chi connectivity index (χ2n) is 7.50. The molecule has 2 saturated heterocycles. The highest BCUT2D eigenvalue weighted by atomic mass is 16.2. The summed E-state index contributed by atoms with van der Waals surface area (Å²) in [6, 6.07) is 5.02. The molecule has 1 unspecified atom stereocenters. The van der Waals surface area contributed by atoms with Crippen molar-refractivity contribution in [2.75, 3.05) is 45.2 Å². The number of likely N-dealkylation sites (tertiary alicyclic amines) is 2. The number of piperidine rings is 1. The number of carbonyl (C=O) groups is 1. The van der Waals surface area contributed by atoms with Gasteiger partial charge in [0.1, 0.15) is 0 Å². The second-order valence-corrected chi connectivity index (χ2v) is 7.50. The van der Waals surface area contributed by atoms with Crippen LogP contribution in [0.15, 0.2) is 12.1 Å². The van der Waals surface area contributed by atoms with Gasteiger partial charge in [-0.1, -0.05) is 0 Å². The molecule has 2 fully saturated rings. The van der Waals surface area contributed by atoms with E-state index in [4.69, 9.17) is 4.98 Å². The van der Waals surface area contributed by atoms with Crippen molar-refractivity contribution in [3.8, 4) is 0 Å². The van der Waals surface area contributed by atoms with Gasteiger partial charge in [-0.15, -0.1) is 0 Å². The van der Waals surface area contributed by atoms with E-state index in [1.54, 1.807) is 6.92 Å². The summed E-state index contributed by atoms with van der Waals surface area (Å²) < 4.78 is 0. The van der Waals surface area contributed by atoms with Gasteiger partial charge < -0.3 is 9.80 Å². The molecule has 0 spiro atoms. The maximum absolute atomic E-state index is 11.5. The average Bonchev–Trinajstić information content (AvgIpc) is 3.04. The number of hydrogen-bond donors (Lipinski definition) is 0. The van der Waals surface area contributed by atoms with Gasteiger partial charge in [-0.3, -0.25) is 14.7 Å². The van der Waals surface area contributed by atoms with Gasteiger partial charge in [-0.25, -0.2) is 0 Å². The van der Waals surface area contributed by atoms with Gasteiger partial charge in [-0.05, 0) is 44.9 Å². The Kier molecular flexibility index (Phi) is 5.09. The largest absolute Gasteiger partial charge is 0.378 e. The van der Waals surface area contributed by atoms with E-state index in [1.807, 2.05) is 4.90 Å². The summed E-state index contributed by atoms with van der Waals surface area (Å²) >= 11 is 0. The molecule has 2 aliphatic heterocycles. The zero-order valence-electron chi connectivity index (χ0n) is 15.5. The van der Waals surface area contributed by atoms with Gasteiger partial charge in [-0.2, -0.15) is 0 Å². The highest BCUT2D eigenvalue weighted by Crippen LogP contribution is 2.31. The van der Waals surface area contributed by atoms with Crippen LogP contribution in [0.1, 0.15) is 43.5 Å². The van der Waals surface area contributed by atoms with Crippen molar-refractivity contribution in [3.63, 3.8) is 0 Å².